The van der Waals surface area contributed by atoms with Crippen molar-refractivity contribution in [2.24, 2.45) is 5.16 Å². The SMILES string of the molecule is CC(C)Oc1cc(C2=NOC3(CCOC3)C2)ccc1OC1CCCC1. The van der Waals surface area contributed by atoms with Crippen LogP contribution in [0.4, 0.5) is 0 Å². The molecule has 1 aromatic carbocycles. The van der Waals surface area contributed by atoms with Crippen LogP contribution in [0, 0.1) is 0 Å². The summed E-state index contributed by atoms with van der Waals surface area (Å²) in [5, 5.41) is 4.33. The summed E-state index contributed by atoms with van der Waals surface area (Å²) in [6, 6.07) is 6.12. The van der Waals surface area contributed by atoms with Gasteiger partial charge in [-0.15, -0.1) is 0 Å². The lowest BCUT2D eigenvalue weighted by molar-refractivity contribution is -0.0237. The van der Waals surface area contributed by atoms with Crippen molar-refractivity contribution in [3.8, 4) is 11.5 Å². The zero-order valence-corrected chi connectivity index (χ0v) is 15.1. The first-order chi connectivity index (χ1) is 12.1. The maximum atomic E-state index is 6.20. The van der Waals surface area contributed by atoms with Gasteiger partial charge < -0.3 is 19.0 Å². The highest BCUT2D eigenvalue weighted by atomic mass is 16.7. The summed E-state index contributed by atoms with van der Waals surface area (Å²) in [6.45, 7) is 5.44. The van der Waals surface area contributed by atoms with Crippen molar-refractivity contribution < 1.29 is 19.0 Å². The second-order valence-corrected chi connectivity index (χ2v) is 7.64. The van der Waals surface area contributed by atoms with Crippen LogP contribution in [0.15, 0.2) is 23.4 Å². The molecule has 3 aliphatic rings. The lowest BCUT2D eigenvalue weighted by Crippen LogP contribution is -2.29. The second-order valence-electron chi connectivity index (χ2n) is 7.64. The highest BCUT2D eigenvalue weighted by Gasteiger charge is 2.43. The third-order valence-corrected chi connectivity index (χ3v) is 5.14. The molecule has 0 aromatic heterocycles. The molecule has 1 unspecified atom stereocenters. The van der Waals surface area contributed by atoms with E-state index in [1.165, 1.54) is 12.8 Å². The van der Waals surface area contributed by atoms with Crippen LogP contribution >= 0.6 is 0 Å². The van der Waals surface area contributed by atoms with Crippen LogP contribution in [0.25, 0.3) is 0 Å². The molecule has 0 radical (unpaired) electrons. The van der Waals surface area contributed by atoms with Gasteiger partial charge in [-0.2, -0.15) is 0 Å². The number of hydrogen-bond acceptors (Lipinski definition) is 5. The van der Waals surface area contributed by atoms with Gasteiger partial charge >= 0.3 is 0 Å². The van der Waals surface area contributed by atoms with Crippen molar-refractivity contribution in [1.29, 1.82) is 0 Å². The van der Waals surface area contributed by atoms with E-state index in [0.717, 1.165) is 55.1 Å². The first-order valence-electron chi connectivity index (χ1n) is 9.44. The van der Waals surface area contributed by atoms with Gasteiger partial charge in [-0.25, -0.2) is 0 Å². The monoisotopic (exact) mass is 345 g/mol. The number of benzene rings is 1. The zero-order valence-electron chi connectivity index (χ0n) is 15.1. The molecule has 1 aliphatic carbocycles. The Morgan fingerprint density at radius 1 is 1.20 bits per heavy atom. The molecule has 25 heavy (non-hydrogen) atoms. The van der Waals surface area contributed by atoms with E-state index in [1.54, 1.807) is 0 Å². The molecule has 2 heterocycles. The van der Waals surface area contributed by atoms with Crippen LogP contribution in [0.5, 0.6) is 11.5 Å². The highest BCUT2D eigenvalue weighted by Crippen LogP contribution is 2.37. The minimum absolute atomic E-state index is 0.0949. The highest BCUT2D eigenvalue weighted by molar-refractivity contribution is 6.02. The molecule has 0 amide bonds. The fraction of sp³-hybridized carbons (Fsp3) is 0.650. The second kappa shape index (κ2) is 6.87. The molecule has 1 saturated heterocycles. The van der Waals surface area contributed by atoms with Gasteiger partial charge in [0.05, 0.1) is 31.1 Å². The number of rotatable bonds is 5. The van der Waals surface area contributed by atoms with E-state index in [4.69, 9.17) is 19.0 Å². The molecule has 1 atom stereocenters. The van der Waals surface area contributed by atoms with Crippen molar-refractivity contribution in [3.05, 3.63) is 23.8 Å². The van der Waals surface area contributed by atoms with Crippen molar-refractivity contribution in [2.75, 3.05) is 13.2 Å². The van der Waals surface area contributed by atoms with Crippen molar-refractivity contribution in [2.45, 2.75) is 70.2 Å². The largest absolute Gasteiger partial charge is 0.487 e. The Balaban J connectivity index is 1.54. The van der Waals surface area contributed by atoms with Crippen LogP contribution in [0.3, 0.4) is 0 Å². The topological polar surface area (TPSA) is 49.3 Å². The van der Waals surface area contributed by atoms with Gasteiger partial charge in [-0.05, 0) is 57.7 Å². The molecule has 5 heteroatoms. The van der Waals surface area contributed by atoms with E-state index in [1.807, 2.05) is 26.0 Å². The number of nitrogens with zero attached hydrogens (tertiary/aromatic N) is 1. The van der Waals surface area contributed by atoms with E-state index >= 15 is 0 Å². The van der Waals surface area contributed by atoms with Gasteiger partial charge in [0.15, 0.2) is 17.1 Å². The Kier molecular flexibility index (Phi) is 4.59. The van der Waals surface area contributed by atoms with Crippen LogP contribution in [-0.4, -0.2) is 36.7 Å². The molecule has 5 nitrogen and oxygen atoms in total. The molecule has 0 N–H and O–H groups in total. The number of ether oxygens (including phenoxy) is 3. The number of hydrogen-bond donors (Lipinski definition) is 0. The van der Waals surface area contributed by atoms with Crippen LogP contribution in [0.2, 0.25) is 0 Å². The fourth-order valence-corrected chi connectivity index (χ4v) is 3.79. The van der Waals surface area contributed by atoms with Crippen molar-refractivity contribution >= 4 is 5.71 Å². The van der Waals surface area contributed by atoms with E-state index < -0.39 is 0 Å². The normalized spacial score (nSPS) is 26.3. The first-order valence-corrected chi connectivity index (χ1v) is 9.44. The lowest BCUT2D eigenvalue weighted by atomic mass is 9.93. The van der Waals surface area contributed by atoms with E-state index in [0.29, 0.717) is 12.7 Å². The van der Waals surface area contributed by atoms with Gasteiger partial charge in [0.2, 0.25) is 0 Å². The maximum Gasteiger partial charge on any atom is 0.168 e. The quantitative estimate of drug-likeness (QED) is 0.807. The molecule has 1 spiro atoms. The Bertz CT molecular complexity index is 643. The summed E-state index contributed by atoms with van der Waals surface area (Å²) >= 11 is 0. The lowest BCUT2D eigenvalue weighted by Gasteiger charge is -2.19. The van der Waals surface area contributed by atoms with E-state index in [9.17, 15) is 0 Å². The van der Waals surface area contributed by atoms with Crippen LogP contribution in [-0.2, 0) is 9.57 Å². The predicted molar refractivity (Wildman–Crippen MR) is 95.5 cm³/mol. The van der Waals surface area contributed by atoms with E-state index in [2.05, 4.69) is 11.2 Å². The Labute approximate surface area is 149 Å². The maximum absolute atomic E-state index is 6.20. The summed E-state index contributed by atoms with van der Waals surface area (Å²) in [6.07, 6.45) is 6.86. The molecule has 136 valence electrons. The predicted octanol–water partition coefficient (Wildman–Crippen LogP) is 4.08. The molecule has 0 bridgehead atoms. The van der Waals surface area contributed by atoms with Crippen LogP contribution < -0.4 is 9.47 Å². The molecule has 2 aliphatic heterocycles. The van der Waals surface area contributed by atoms with Gasteiger partial charge in [-0.1, -0.05) is 5.16 Å². The summed E-state index contributed by atoms with van der Waals surface area (Å²) in [7, 11) is 0. The average molecular weight is 345 g/mol. The van der Waals surface area contributed by atoms with Gasteiger partial charge in [-0.3, -0.25) is 0 Å². The smallest absolute Gasteiger partial charge is 0.168 e. The van der Waals surface area contributed by atoms with Crippen molar-refractivity contribution in [3.63, 3.8) is 0 Å². The average Bonchev–Trinajstić information content (AvgIpc) is 3.33. The summed E-state index contributed by atoms with van der Waals surface area (Å²) in [5.41, 5.74) is 1.75. The summed E-state index contributed by atoms with van der Waals surface area (Å²) in [5.74, 6) is 1.63. The zero-order chi connectivity index (χ0) is 17.3. The standard InChI is InChI=1S/C20H27NO4/c1-14(2)23-19-11-15(7-8-18(19)24-16-5-3-4-6-16)17-12-20(25-21-17)9-10-22-13-20/h7-8,11,14,16H,3-6,9-10,12-13H2,1-2H3. The summed E-state index contributed by atoms with van der Waals surface area (Å²) < 4.78 is 17.7. The van der Waals surface area contributed by atoms with Gasteiger partial charge in [0, 0.05) is 18.4 Å². The molecule has 1 saturated carbocycles. The molecular formula is C20H27NO4. The minimum atomic E-state index is -0.257. The van der Waals surface area contributed by atoms with E-state index in [-0.39, 0.29) is 11.7 Å². The number of oxime groups is 1. The minimum Gasteiger partial charge on any atom is -0.487 e. The third kappa shape index (κ3) is 3.61. The Morgan fingerprint density at radius 3 is 2.76 bits per heavy atom. The Morgan fingerprint density at radius 2 is 2.04 bits per heavy atom. The fourth-order valence-electron chi connectivity index (χ4n) is 3.79. The Hall–Kier alpha value is -1.75. The molecule has 2 fully saturated rings. The molecule has 4 rings (SSSR count). The van der Waals surface area contributed by atoms with Crippen molar-refractivity contribution in [1.82, 2.24) is 0 Å². The summed E-state index contributed by atoms with van der Waals surface area (Å²) in [4.78, 5) is 5.72. The van der Waals surface area contributed by atoms with Gasteiger partial charge in [0.25, 0.3) is 0 Å². The third-order valence-electron chi connectivity index (χ3n) is 5.14. The molecular weight excluding hydrogens is 318 g/mol. The molecule has 1 aromatic rings. The van der Waals surface area contributed by atoms with Gasteiger partial charge in [0.1, 0.15) is 0 Å². The van der Waals surface area contributed by atoms with Crippen LogP contribution in [0.1, 0.15) is 57.9 Å². The first kappa shape index (κ1) is 16.7.